The molecule has 0 rings (SSSR count). The van der Waals surface area contributed by atoms with Crippen molar-refractivity contribution in [3.8, 4) is 0 Å². The van der Waals surface area contributed by atoms with Crippen LogP contribution in [0.15, 0.2) is 0 Å². The van der Waals surface area contributed by atoms with E-state index in [0.29, 0.717) is 6.42 Å². The smallest absolute Gasteiger partial charge is 0.220 e. The quantitative estimate of drug-likeness (QED) is 0.557. The van der Waals surface area contributed by atoms with Crippen molar-refractivity contribution in [2.24, 2.45) is 0 Å². The maximum Gasteiger partial charge on any atom is 0.220 e. The third kappa shape index (κ3) is 11.9. The molecule has 0 aliphatic carbocycles. The number of aliphatic hydroxyl groups is 1. The fourth-order valence-corrected chi connectivity index (χ4v) is 2.02. The average Bonchev–Trinajstić information content (AvgIpc) is 2.27. The Balaban J connectivity index is 3.36. The molecule has 0 fully saturated rings. The van der Waals surface area contributed by atoms with Crippen molar-refractivity contribution in [3.05, 3.63) is 0 Å². The Hall–Kier alpha value is -0.570. The number of hydrogen-bond donors (Lipinski definition) is 2. The maximum atomic E-state index is 11.4. The van der Waals surface area contributed by atoms with Crippen LogP contribution in [0.25, 0.3) is 0 Å². The number of carbonyl (C=O) groups is 1. The molecule has 108 valence electrons. The van der Waals surface area contributed by atoms with Crippen LogP contribution in [0.5, 0.6) is 0 Å². The fraction of sp³-hybridized carbons (Fsp3) is 0.933. The summed E-state index contributed by atoms with van der Waals surface area (Å²) in [6.07, 6.45) is 8.89. The van der Waals surface area contributed by atoms with Crippen LogP contribution in [0.1, 0.15) is 78.6 Å². The summed E-state index contributed by atoms with van der Waals surface area (Å²) in [5.74, 6) is 0.0974. The van der Waals surface area contributed by atoms with Crippen LogP contribution < -0.4 is 5.32 Å². The molecule has 0 aromatic heterocycles. The molecular formula is C15H31NO2. The first-order valence-electron chi connectivity index (χ1n) is 7.53. The van der Waals surface area contributed by atoms with E-state index in [1.54, 1.807) is 0 Å². The molecule has 2 N–H and O–H groups in total. The number of amides is 1. The van der Waals surface area contributed by atoms with Gasteiger partial charge in [0.05, 0.1) is 6.10 Å². The lowest BCUT2D eigenvalue weighted by Gasteiger charge is -2.11. The topological polar surface area (TPSA) is 49.3 Å². The minimum atomic E-state index is -0.224. The van der Waals surface area contributed by atoms with Crippen LogP contribution in [-0.2, 0) is 4.79 Å². The van der Waals surface area contributed by atoms with E-state index in [4.69, 9.17) is 0 Å². The van der Waals surface area contributed by atoms with Gasteiger partial charge in [-0.25, -0.2) is 0 Å². The molecule has 0 unspecified atom stereocenters. The normalized spacial score (nSPS) is 12.7. The summed E-state index contributed by atoms with van der Waals surface area (Å²) < 4.78 is 0. The Labute approximate surface area is 112 Å². The van der Waals surface area contributed by atoms with Gasteiger partial charge in [0, 0.05) is 12.5 Å². The monoisotopic (exact) mass is 257 g/mol. The van der Waals surface area contributed by atoms with Gasteiger partial charge in [0.1, 0.15) is 0 Å². The second kappa shape index (κ2) is 11.5. The zero-order valence-electron chi connectivity index (χ0n) is 12.4. The molecule has 0 radical (unpaired) electrons. The third-order valence-electron chi connectivity index (χ3n) is 3.03. The molecular weight excluding hydrogens is 226 g/mol. The van der Waals surface area contributed by atoms with Crippen molar-refractivity contribution in [2.45, 2.75) is 90.7 Å². The number of hydrogen-bond acceptors (Lipinski definition) is 2. The lowest BCUT2D eigenvalue weighted by atomic mass is 10.0. The van der Waals surface area contributed by atoms with Gasteiger partial charge in [-0.3, -0.25) is 4.79 Å². The number of rotatable bonds is 11. The number of aliphatic hydroxyl groups excluding tert-OH is 1. The molecule has 0 heterocycles. The van der Waals surface area contributed by atoms with Crippen LogP contribution >= 0.6 is 0 Å². The van der Waals surface area contributed by atoms with E-state index in [-0.39, 0.29) is 18.1 Å². The van der Waals surface area contributed by atoms with Gasteiger partial charge in [-0.1, -0.05) is 39.0 Å². The van der Waals surface area contributed by atoms with E-state index in [1.807, 2.05) is 13.8 Å². The van der Waals surface area contributed by atoms with Crippen molar-refractivity contribution in [3.63, 3.8) is 0 Å². The summed E-state index contributed by atoms with van der Waals surface area (Å²) in [5.41, 5.74) is 0. The average molecular weight is 257 g/mol. The van der Waals surface area contributed by atoms with Gasteiger partial charge in [0.25, 0.3) is 0 Å². The highest BCUT2D eigenvalue weighted by Crippen LogP contribution is 2.11. The first kappa shape index (κ1) is 17.4. The summed E-state index contributed by atoms with van der Waals surface area (Å²) in [4.78, 5) is 11.4. The lowest BCUT2D eigenvalue weighted by molar-refractivity contribution is -0.121. The Morgan fingerprint density at radius 2 is 1.67 bits per heavy atom. The third-order valence-corrected chi connectivity index (χ3v) is 3.03. The molecule has 0 aliphatic rings. The summed E-state index contributed by atoms with van der Waals surface area (Å²) in [5, 5.41) is 12.6. The molecule has 3 heteroatoms. The van der Waals surface area contributed by atoms with Crippen molar-refractivity contribution in [2.75, 3.05) is 0 Å². The molecule has 0 saturated carbocycles. The van der Waals surface area contributed by atoms with Gasteiger partial charge in [0.15, 0.2) is 0 Å². The van der Waals surface area contributed by atoms with Crippen LogP contribution in [0.4, 0.5) is 0 Å². The van der Waals surface area contributed by atoms with Crippen molar-refractivity contribution in [1.29, 1.82) is 0 Å². The van der Waals surface area contributed by atoms with Gasteiger partial charge >= 0.3 is 0 Å². The van der Waals surface area contributed by atoms with Crippen molar-refractivity contribution >= 4 is 5.91 Å². The number of unbranched alkanes of at least 4 members (excludes halogenated alkanes) is 4. The molecule has 3 nitrogen and oxygen atoms in total. The van der Waals surface area contributed by atoms with Crippen molar-refractivity contribution < 1.29 is 9.90 Å². The van der Waals surface area contributed by atoms with Crippen LogP contribution in [-0.4, -0.2) is 23.2 Å². The zero-order valence-corrected chi connectivity index (χ0v) is 12.4. The number of carbonyl (C=O) groups excluding carboxylic acids is 1. The Bertz CT molecular complexity index is 205. The molecule has 0 aliphatic heterocycles. The summed E-state index contributed by atoms with van der Waals surface area (Å²) in [6.45, 7) is 6.13. The molecule has 18 heavy (non-hydrogen) atoms. The van der Waals surface area contributed by atoms with Crippen molar-refractivity contribution in [1.82, 2.24) is 5.32 Å². The van der Waals surface area contributed by atoms with Gasteiger partial charge < -0.3 is 10.4 Å². The van der Waals surface area contributed by atoms with E-state index in [2.05, 4.69) is 12.2 Å². The van der Waals surface area contributed by atoms with Gasteiger partial charge in [0.2, 0.25) is 5.91 Å². The summed E-state index contributed by atoms with van der Waals surface area (Å²) in [7, 11) is 0. The second-order valence-electron chi connectivity index (χ2n) is 5.47. The first-order valence-corrected chi connectivity index (χ1v) is 7.53. The highest BCUT2D eigenvalue weighted by Gasteiger charge is 2.07. The predicted molar refractivity (Wildman–Crippen MR) is 76.5 cm³/mol. The Morgan fingerprint density at radius 1 is 1.06 bits per heavy atom. The molecule has 0 spiro atoms. The standard InChI is InChI=1S/C15H31NO2/c1-4-5-6-7-8-10-14(17)11-9-12-15(18)16-13(2)3/h13-14,17H,4-12H2,1-3H3,(H,16,18)/t14-/m1/s1. The van der Waals surface area contributed by atoms with Crippen LogP contribution in [0, 0.1) is 0 Å². The highest BCUT2D eigenvalue weighted by atomic mass is 16.3. The Kier molecular flexibility index (Phi) is 11.2. The van der Waals surface area contributed by atoms with E-state index in [0.717, 1.165) is 25.7 Å². The van der Waals surface area contributed by atoms with E-state index >= 15 is 0 Å². The van der Waals surface area contributed by atoms with E-state index in [9.17, 15) is 9.90 Å². The SMILES string of the molecule is CCCCCCC[C@@H](O)CCCC(=O)NC(C)C. The largest absolute Gasteiger partial charge is 0.393 e. The van der Waals surface area contributed by atoms with Gasteiger partial charge in [-0.05, 0) is 33.1 Å². The van der Waals surface area contributed by atoms with Crippen LogP contribution in [0.2, 0.25) is 0 Å². The number of nitrogens with one attached hydrogen (secondary N) is 1. The summed E-state index contributed by atoms with van der Waals surface area (Å²) >= 11 is 0. The molecule has 1 amide bonds. The first-order chi connectivity index (χ1) is 8.56. The molecule has 0 aromatic rings. The van der Waals surface area contributed by atoms with E-state index in [1.165, 1.54) is 25.7 Å². The molecule has 0 saturated heterocycles. The van der Waals surface area contributed by atoms with Crippen LogP contribution in [0.3, 0.4) is 0 Å². The molecule has 0 bridgehead atoms. The minimum absolute atomic E-state index is 0.0974. The maximum absolute atomic E-state index is 11.4. The predicted octanol–water partition coefficient (Wildman–Crippen LogP) is 3.40. The molecule has 0 aromatic carbocycles. The fourth-order valence-electron chi connectivity index (χ4n) is 2.02. The zero-order chi connectivity index (χ0) is 13.8. The van der Waals surface area contributed by atoms with Gasteiger partial charge in [-0.2, -0.15) is 0 Å². The summed E-state index contributed by atoms with van der Waals surface area (Å²) in [6, 6.07) is 0.209. The van der Waals surface area contributed by atoms with E-state index < -0.39 is 0 Å². The molecule has 1 atom stereocenters. The van der Waals surface area contributed by atoms with Gasteiger partial charge in [-0.15, -0.1) is 0 Å². The Morgan fingerprint density at radius 3 is 2.28 bits per heavy atom. The highest BCUT2D eigenvalue weighted by molar-refractivity contribution is 5.76. The lowest BCUT2D eigenvalue weighted by Crippen LogP contribution is -2.29. The minimum Gasteiger partial charge on any atom is -0.393 e. The second-order valence-corrected chi connectivity index (χ2v) is 5.47.